The van der Waals surface area contributed by atoms with Crippen LogP contribution < -0.4 is 15.4 Å². The molecule has 0 unspecified atom stereocenters. The number of aryl methyl sites for hydroxylation is 1. The van der Waals surface area contributed by atoms with Crippen LogP contribution in [0.5, 0.6) is 0 Å². The third kappa shape index (κ3) is 5.69. The first-order valence-corrected chi connectivity index (χ1v) is 11.4. The fourth-order valence-electron chi connectivity index (χ4n) is 3.96. The summed E-state index contributed by atoms with van der Waals surface area (Å²) in [5.41, 5.74) is 1.14. The number of rotatable bonds is 6. The van der Waals surface area contributed by atoms with Crippen LogP contribution in [-0.2, 0) is 10.0 Å². The number of hydrogen-bond donors (Lipinski definition) is 3. The second-order valence-corrected chi connectivity index (χ2v) is 10.0. The van der Waals surface area contributed by atoms with Gasteiger partial charge in [0.2, 0.25) is 10.0 Å². The first kappa shape index (κ1) is 23.1. The molecule has 0 aromatic heterocycles. The number of sulfonamides is 1. The van der Waals surface area contributed by atoms with E-state index in [1.165, 1.54) is 6.07 Å². The van der Waals surface area contributed by atoms with E-state index in [1.807, 2.05) is 0 Å². The molecule has 158 valence electrons. The molecule has 1 aliphatic heterocycles. The Morgan fingerprint density at radius 1 is 1.21 bits per heavy atom. The van der Waals surface area contributed by atoms with E-state index >= 15 is 0 Å². The quantitative estimate of drug-likeness (QED) is 0.648. The number of hydrogen-bond acceptors (Lipinski definition) is 4. The summed E-state index contributed by atoms with van der Waals surface area (Å²) in [6, 6.07) is 4.92. The maximum Gasteiger partial charge on any atom is 0.251 e. The van der Waals surface area contributed by atoms with Crippen LogP contribution >= 0.6 is 12.4 Å². The summed E-state index contributed by atoms with van der Waals surface area (Å²) >= 11 is 0. The molecule has 6 nitrogen and oxygen atoms in total. The maximum atomic E-state index is 12.8. The molecular formula is C20H32ClN3O3S. The molecule has 2 aliphatic rings. The van der Waals surface area contributed by atoms with E-state index in [9.17, 15) is 13.2 Å². The minimum atomic E-state index is -3.62. The molecule has 1 saturated heterocycles. The van der Waals surface area contributed by atoms with Crippen molar-refractivity contribution in [3.8, 4) is 0 Å². The lowest BCUT2D eigenvalue weighted by atomic mass is 9.81. The van der Waals surface area contributed by atoms with Crippen LogP contribution in [0.15, 0.2) is 23.1 Å². The van der Waals surface area contributed by atoms with E-state index < -0.39 is 10.0 Å². The van der Waals surface area contributed by atoms with Crippen LogP contribution in [0.2, 0.25) is 0 Å². The van der Waals surface area contributed by atoms with Crippen LogP contribution in [0.25, 0.3) is 0 Å². The maximum absolute atomic E-state index is 12.8. The van der Waals surface area contributed by atoms with Crippen LogP contribution in [0.3, 0.4) is 0 Å². The predicted molar refractivity (Wildman–Crippen MR) is 114 cm³/mol. The molecule has 0 spiro atoms. The van der Waals surface area contributed by atoms with E-state index in [0.717, 1.165) is 51.6 Å². The van der Waals surface area contributed by atoms with Crippen molar-refractivity contribution >= 4 is 28.3 Å². The smallest absolute Gasteiger partial charge is 0.251 e. The number of piperidine rings is 1. The van der Waals surface area contributed by atoms with Gasteiger partial charge in [-0.1, -0.05) is 25.8 Å². The van der Waals surface area contributed by atoms with Gasteiger partial charge in [-0.3, -0.25) is 4.79 Å². The van der Waals surface area contributed by atoms with E-state index in [-0.39, 0.29) is 34.7 Å². The van der Waals surface area contributed by atoms with E-state index in [4.69, 9.17) is 0 Å². The largest absolute Gasteiger partial charge is 0.351 e. The van der Waals surface area contributed by atoms with Crippen molar-refractivity contribution in [1.29, 1.82) is 0 Å². The van der Waals surface area contributed by atoms with Gasteiger partial charge in [0.1, 0.15) is 0 Å². The number of carbonyl (C=O) groups is 1. The average Bonchev–Trinajstić information content (AvgIpc) is 3.13. The van der Waals surface area contributed by atoms with Gasteiger partial charge < -0.3 is 10.6 Å². The summed E-state index contributed by atoms with van der Waals surface area (Å²) in [7, 11) is -3.62. The monoisotopic (exact) mass is 429 g/mol. The second-order valence-electron chi connectivity index (χ2n) is 8.33. The highest BCUT2D eigenvalue weighted by Crippen LogP contribution is 2.27. The van der Waals surface area contributed by atoms with E-state index in [0.29, 0.717) is 17.7 Å². The Kier molecular flexibility index (Phi) is 7.90. The van der Waals surface area contributed by atoms with Gasteiger partial charge in [-0.2, -0.15) is 0 Å². The van der Waals surface area contributed by atoms with Gasteiger partial charge in [0.25, 0.3) is 5.91 Å². The van der Waals surface area contributed by atoms with Crippen molar-refractivity contribution in [2.24, 2.45) is 5.41 Å². The average molecular weight is 430 g/mol. The molecule has 3 N–H and O–H groups in total. The fourth-order valence-corrected chi connectivity index (χ4v) is 5.54. The summed E-state index contributed by atoms with van der Waals surface area (Å²) in [4.78, 5) is 12.8. The molecule has 1 saturated carbocycles. The van der Waals surface area contributed by atoms with Crippen molar-refractivity contribution in [2.45, 2.75) is 63.3 Å². The van der Waals surface area contributed by atoms with Gasteiger partial charge in [0, 0.05) is 18.2 Å². The lowest BCUT2D eigenvalue weighted by molar-refractivity contribution is 0.0922. The summed E-state index contributed by atoms with van der Waals surface area (Å²) in [5.74, 6) is -0.216. The Balaban J connectivity index is 0.00000280. The summed E-state index contributed by atoms with van der Waals surface area (Å²) in [6.45, 7) is 6.48. The normalized spacial score (nSPS) is 19.8. The van der Waals surface area contributed by atoms with Gasteiger partial charge in [0.05, 0.1) is 4.90 Å². The highest BCUT2D eigenvalue weighted by Gasteiger charge is 2.28. The van der Waals surface area contributed by atoms with Gasteiger partial charge in [-0.05, 0) is 68.8 Å². The molecule has 28 heavy (non-hydrogen) atoms. The van der Waals surface area contributed by atoms with Crippen molar-refractivity contribution in [2.75, 3.05) is 19.6 Å². The van der Waals surface area contributed by atoms with Crippen LogP contribution in [-0.4, -0.2) is 40.0 Å². The van der Waals surface area contributed by atoms with Crippen LogP contribution in [0.1, 0.15) is 61.4 Å². The van der Waals surface area contributed by atoms with E-state index in [2.05, 4.69) is 22.3 Å². The predicted octanol–water partition coefficient (Wildman–Crippen LogP) is 2.76. The van der Waals surface area contributed by atoms with Crippen molar-refractivity contribution < 1.29 is 13.2 Å². The number of amides is 1. The molecule has 1 aromatic carbocycles. The first-order chi connectivity index (χ1) is 12.8. The standard InChI is InChI=1S/C20H31N3O3S.ClH/c1-15-7-8-16(19(24)22-14-20(2)9-11-21-12-10-20)13-18(15)27(25,26)23-17-5-3-4-6-17;/h7-8,13,17,21,23H,3-6,9-12,14H2,1-2H3,(H,22,24);1H. The van der Waals surface area contributed by atoms with Gasteiger partial charge in [-0.25, -0.2) is 13.1 Å². The molecule has 8 heteroatoms. The summed E-state index contributed by atoms with van der Waals surface area (Å²) < 4.78 is 28.4. The number of halogens is 1. The third-order valence-electron chi connectivity index (χ3n) is 5.90. The minimum Gasteiger partial charge on any atom is -0.351 e. The summed E-state index contributed by atoms with van der Waals surface area (Å²) in [5, 5.41) is 6.33. The molecule has 0 radical (unpaired) electrons. The first-order valence-electron chi connectivity index (χ1n) is 9.91. The Labute approximate surface area is 174 Å². The highest BCUT2D eigenvalue weighted by molar-refractivity contribution is 7.89. The van der Waals surface area contributed by atoms with Gasteiger partial charge in [0.15, 0.2) is 0 Å². The number of nitrogens with one attached hydrogen (secondary N) is 3. The molecule has 0 bridgehead atoms. The number of benzene rings is 1. The fraction of sp³-hybridized carbons (Fsp3) is 0.650. The lowest BCUT2D eigenvalue weighted by Crippen LogP contribution is -2.43. The van der Waals surface area contributed by atoms with Crippen molar-refractivity contribution in [3.63, 3.8) is 0 Å². The Bertz CT molecular complexity index is 786. The zero-order valence-corrected chi connectivity index (χ0v) is 18.3. The summed E-state index contributed by atoms with van der Waals surface area (Å²) in [6.07, 6.45) is 5.92. The minimum absolute atomic E-state index is 0. The molecule has 2 fully saturated rings. The molecule has 0 atom stereocenters. The third-order valence-corrected chi connectivity index (χ3v) is 7.57. The van der Waals surface area contributed by atoms with Crippen molar-refractivity contribution in [1.82, 2.24) is 15.4 Å². The second kappa shape index (κ2) is 9.57. The Morgan fingerprint density at radius 3 is 2.50 bits per heavy atom. The zero-order chi connectivity index (χ0) is 19.5. The Morgan fingerprint density at radius 2 is 1.86 bits per heavy atom. The Hall–Kier alpha value is -1.15. The van der Waals surface area contributed by atoms with Gasteiger partial charge in [-0.15, -0.1) is 12.4 Å². The molecule has 3 rings (SSSR count). The SMILES string of the molecule is Cc1ccc(C(=O)NCC2(C)CCNCC2)cc1S(=O)(=O)NC1CCCC1.Cl. The zero-order valence-electron chi connectivity index (χ0n) is 16.7. The number of carbonyl (C=O) groups excluding carboxylic acids is 1. The van der Waals surface area contributed by atoms with Crippen LogP contribution in [0, 0.1) is 12.3 Å². The lowest BCUT2D eigenvalue weighted by Gasteiger charge is -2.34. The molecule has 1 aromatic rings. The molecular weight excluding hydrogens is 398 g/mol. The van der Waals surface area contributed by atoms with E-state index in [1.54, 1.807) is 19.1 Å². The molecule has 1 aliphatic carbocycles. The molecule has 1 amide bonds. The highest BCUT2D eigenvalue weighted by atomic mass is 35.5. The molecule has 1 heterocycles. The topological polar surface area (TPSA) is 87.3 Å². The van der Waals surface area contributed by atoms with Crippen molar-refractivity contribution in [3.05, 3.63) is 29.3 Å². The van der Waals surface area contributed by atoms with Crippen LogP contribution in [0.4, 0.5) is 0 Å². The van der Waals surface area contributed by atoms with Gasteiger partial charge >= 0.3 is 0 Å².